The lowest BCUT2D eigenvalue weighted by Gasteiger charge is -2.34. The monoisotopic (exact) mass is 701 g/mol. The largest absolute Gasteiger partial charge is 0.508 e. The van der Waals surface area contributed by atoms with E-state index in [0.29, 0.717) is 18.4 Å². The Balaban J connectivity index is 1.68. The normalized spacial score (nSPS) is 17.2. The number of nitrogens with one attached hydrogen (secondary N) is 5. The average molecular weight is 702 g/mol. The van der Waals surface area contributed by atoms with Gasteiger partial charge in [-0.1, -0.05) is 52.7 Å². The minimum Gasteiger partial charge on any atom is -0.508 e. The number of anilines is 1. The molecule has 1 aliphatic rings. The van der Waals surface area contributed by atoms with Crippen LogP contribution in [0.15, 0.2) is 29.6 Å². The van der Waals surface area contributed by atoms with E-state index in [0.717, 1.165) is 30.7 Å². The molecule has 268 valence electrons. The summed E-state index contributed by atoms with van der Waals surface area (Å²) >= 11 is 0.964. The number of carbonyl (C=O) groups is 6. The molecular weight excluding hydrogens is 654 g/mol. The number of aromatic hydroxyl groups is 1. The third-order valence-corrected chi connectivity index (χ3v) is 9.25. The highest BCUT2D eigenvalue weighted by atomic mass is 32.1. The van der Waals surface area contributed by atoms with Crippen molar-refractivity contribution in [3.8, 4) is 5.75 Å². The van der Waals surface area contributed by atoms with Gasteiger partial charge in [0.05, 0.1) is 6.04 Å². The van der Waals surface area contributed by atoms with E-state index in [1.807, 2.05) is 25.8 Å². The number of phenols is 1. The maximum Gasteiger partial charge on any atom is 0.322 e. The van der Waals surface area contributed by atoms with Crippen LogP contribution in [0.2, 0.25) is 0 Å². The summed E-state index contributed by atoms with van der Waals surface area (Å²) in [5.74, 6) is -4.51. The Morgan fingerprint density at radius 1 is 0.959 bits per heavy atom. The molecular formula is C33H47N7O8S. The third kappa shape index (κ3) is 11.5. The maximum absolute atomic E-state index is 13.5. The molecule has 7 N–H and O–H groups in total. The second kappa shape index (κ2) is 18.3. The Kier molecular flexibility index (Phi) is 14.5. The Bertz CT molecular complexity index is 1480. The van der Waals surface area contributed by atoms with Crippen LogP contribution in [0.4, 0.5) is 5.13 Å². The van der Waals surface area contributed by atoms with Crippen molar-refractivity contribution in [3.63, 3.8) is 0 Å². The molecule has 1 aromatic carbocycles. The van der Waals surface area contributed by atoms with Gasteiger partial charge in [0.15, 0.2) is 5.13 Å². The topological polar surface area (TPSA) is 219 Å². The van der Waals surface area contributed by atoms with Crippen LogP contribution in [0.1, 0.15) is 69.4 Å². The van der Waals surface area contributed by atoms with Gasteiger partial charge in [0, 0.05) is 11.8 Å². The molecule has 0 spiro atoms. The van der Waals surface area contributed by atoms with E-state index in [4.69, 9.17) is 5.11 Å². The van der Waals surface area contributed by atoms with E-state index in [2.05, 4.69) is 31.6 Å². The summed E-state index contributed by atoms with van der Waals surface area (Å²) in [5, 5.41) is 33.2. The summed E-state index contributed by atoms with van der Waals surface area (Å²) in [6, 6.07) is 2.64. The van der Waals surface area contributed by atoms with Crippen LogP contribution in [-0.4, -0.2) is 99.9 Å². The smallest absolute Gasteiger partial charge is 0.322 e. The highest BCUT2D eigenvalue weighted by Gasteiger charge is 2.34. The Labute approximate surface area is 289 Å². The van der Waals surface area contributed by atoms with Gasteiger partial charge in [0.25, 0.3) is 5.91 Å². The van der Waals surface area contributed by atoms with Crippen LogP contribution in [0.3, 0.4) is 0 Å². The van der Waals surface area contributed by atoms with E-state index < -0.39 is 54.3 Å². The average Bonchev–Trinajstić information content (AvgIpc) is 3.53. The lowest BCUT2D eigenvalue weighted by Crippen LogP contribution is -2.59. The van der Waals surface area contributed by atoms with Crippen molar-refractivity contribution in [2.45, 2.75) is 84.0 Å². The molecule has 1 aromatic heterocycles. The van der Waals surface area contributed by atoms with Gasteiger partial charge in [-0.2, -0.15) is 0 Å². The number of nitrogens with zero attached hydrogens (tertiary/aromatic N) is 2. The molecule has 5 atom stereocenters. The number of carbonyl (C=O) groups excluding carboxylic acids is 5. The van der Waals surface area contributed by atoms with Crippen molar-refractivity contribution in [1.29, 1.82) is 0 Å². The van der Waals surface area contributed by atoms with Crippen LogP contribution in [0.5, 0.6) is 5.75 Å². The molecule has 2 aromatic rings. The summed E-state index contributed by atoms with van der Waals surface area (Å²) in [7, 11) is 1.89. The molecule has 16 heteroatoms. The lowest BCUT2D eigenvalue weighted by atomic mass is 9.95. The molecule has 0 aliphatic carbocycles. The molecule has 5 amide bonds. The minimum absolute atomic E-state index is 0.00355. The van der Waals surface area contributed by atoms with Gasteiger partial charge < -0.3 is 36.8 Å². The predicted molar refractivity (Wildman–Crippen MR) is 183 cm³/mol. The highest BCUT2D eigenvalue weighted by molar-refractivity contribution is 7.14. The first-order chi connectivity index (χ1) is 23.2. The molecule has 1 fully saturated rings. The molecule has 0 saturated carbocycles. The maximum atomic E-state index is 13.5. The number of rotatable bonds is 16. The van der Waals surface area contributed by atoms with Crippen LogP contribution in [0.25, 0.3) is 0 Å². The van der Waals surface area contributed by atoms with Gasteiger partial charge in [-0.05, 0) is 56.0 Å². The van der Waals surface area contributed by atoms with Crippen LogP contribution < -0.4 is 26.6 Å². The van der Waals surface area contributed by atoms with Crippen LogP contribution in [-0.2, 0) is 30.4 Å². The fraction of sp³-hybridized carbons (Fsp3) is 0.545. The number of likely N-dealkylation sites (N-methyl/N-ethyl adjacent to an activating group) is 1. The number of piperidine rings is 1. The number of carboxylic acid groups (broad SMARTS) is 1. The number of hydrogen-bond acceptors (Lipinski definition) is 10. The zero-order valence-electron chi connectivity index (χ0n) is 28.4. The molecule has 1 aliphatic heterocycles. The van der Waals surface area contributed by atoms with Crippen LogP contribution >= 0.6 is 11.3 Å². The van der Waals surface area contributed by atoms with Crippen molar-refractivity contribution in [1.82, 2.24) is 31.2 Å². The lowest BCUT2D eigenvalue weighted by molar-refractivity contribution is -0.138. The number of carboxylic acids is 1. The van der Waals surface area contributed by atoms with Gasteiger partial charge in [0.1, 0.15) is 36.1 Å². The molecule has 49 heavy (non-hydrogen) atoms. The Morgan fingerprint density at radius 2 is 1.65 bits per heavy atom. The summed E-state index contributed by atoms with van der Waals surface area (Å²) in [5.41, 5.74) is 0.498. The molecule has 2 heterocycles. The number of thiazole rings is 1. The van der Waals surface area contributed by atoms with E-state index in [1.54, 1.807) is 26.0 Å². The van der Waals surface area contributed by atoms with E-state index in [1.165, 1.54) is 17.5 Å². The quantitative estimate of drug-likeness (QED) is 0.134. The molecule has 0 bridgehead atoms. The number of aliphatic carboxylic acids is 1. The fourth-order valence-electron chi connectivity index (χ4n) is 5.35. The number of likely N-dealkylation sites (tertiary alicyclic amines) is 1. The number of hydrogen-bond donors (Lipinski definition) is 7. The zero-order chi connectivity index (χ0) is 36.2. The van der Waals surface area contributed by atoms with E-state index in [-0.39, 0.29) is 46.8 Å². The molecule has 15 nitrogen and oxygen atoms in total. The highest BCUT2D eigenvalue weighted by Crippen LogP contribution is 2.19. The summed E-state index contributed by atoms with van der Waals surface area (Å²) in [4.78, 5) is 83.1. The number of benzene rings is 1. The van der Waals surface area contributed by atoms with Gasteiger partial charge in [0.2, 0.25) is 23.6 Å². The molecule has 3 rings (SSSR count). The van der Waals surface area contributed by atoms with Gasteiger partial charge in [-0.3, -0.25) is 33.7 Å². The third-order valence-electron chi connectivity index (χ3n) is 8.49. The first-order valence-electron chi connectivity index (χ1n) is 16.4. The molecule has 0 radical (unpaired) electrons. The SMILES string of the molecule is CCC(C)[C@H](NC(=O)C1CCCCN1C)C(=O)N[C@H](C(=O)Nc1nc(C(=O)N[C@@H](Cc2ccc(O)cc2)C(=O)NCC(=O)O)cs1)C(C)C. The Hall–Kier alpha value is -4.57. The Morgan fingerprint density at radius 3 is 2.27 bits per heavy atom. The standard InChI is InChI=1S/C33H47N7O8S/c1-6-19(4)27(38-30(46)24-9-7-8-14-40(24)5)32(48)37-26(18(2)3)31(47)39-33-36-23(17-49-33)29(45)35-22(28(44)34-16-25(42)43)15-20-10-12-21(41)13-11-20/h10-13,17-19,22,24,26-27,41H,6-9,14-16H2,1-5H3,(H,34,44)(H,35,45)(H,37,48)(H,38,46)(H,42,43)(H,36,39,47)/t19?,22-,24?,26-,27-/m0/s1. The van der Waals surface area contributed by atoms with Gasteiger partial charge in [-0.25, -0.2) is 4.98 Å². The van der Waals surface area contributed by atoms with Crippen molar-refractivity contribution >= 4 is 52.0 Å². The van der Waals surface area contributed by atoms with E-state index >= 15 is 0 Å². The first-order valence-corrected chi connectivity index (χ1v) is 17.2. The van der Waals surface area contributed by atoms with Gasteiger partial charge in [-0.15, -0.1) is 11.3 Å². The fourth-order valence-corrected chi connectivity index (χ4v) is 6.04. The van der Waals surface area contributed by atoms with Crippen molar-refractivity contribution in [2.75, 3.05) is 25.5 Å². The summed E-state index contributed by atoms with van der Waals surface area (Å²) in [6.07, 6.45) is 3.27. The number of phenolic OH excluding ortho intramolecular Hbond substituents is 1. The number of aromatic nitrogens is 1. The van der Waals surface area contributed by atoms with E-state index in [9.17, 15) is 33.9 Å². The second-order valence-electron chi connectivity index (χ2n) is 12.6. The van der Waals surface area contributed by atoms with Crippen LogP contribution in [0, 0.1) is 11.8 Å². The minimum atomic E-state index is -1.26. The van der Waals surface area contributed by atoms with Crippen molar-refractivity contribution in [3.05, 3.63) is 40.9 Å². The van der Waals surface area contributed by atoms with Gasteiger partial charge >= 0.3 is 5.97 Å². The zero-order valence-corrected chi connectivity index (χ0v) is 29.3. The first kappa shape index (κ1) is 38.9. The second-order valence-corrected chi connectivity index (χ2v) is 13.5. The molecule has 2 unspecified atom stereocenters. The van der Waals surface area contributed by atoms with Crippen molar-refractivity contribution < 1.29 is 39.0 Å². The predicted octanol–water partition coefficient (Wildman–Crippen LogP) is 1.49. The summed E-state index contributed by atoms with van der Waals surface area (Å²) < 4.78 is 0. The molecule has 1 saturated heterocycles. The number of amides is 5. The van der Waals surface area contributed by atoms with Crippen molar-refractivity contribution in [2.24, 2.45) is 11.8 Å². The summed E-state index contributed by atoms with van der Waals surface area (Å²) in [6.45, 7) is 7.48.